The predicted molar refractivity (Wildman–Crippen MR) is 119 cm³/mol. The van der Waals surface area contributed by atoms with E-state index < -0.39 is 79.8 Å². The van der Waals surface area contributed by atoms with E-state index in [9.17, 15) is 60.7 Å². The largest absolute Gasteiger partial charge is 0.430 e. The van der Waals surface area contributed by atoms with E-state index >= 15 is 0 Å². The Morgan fingerprint density at radius 1 is 0.389 bits per heavy atom. The smallest absolute Gasteiger partial charge is 0.258 e. The second kappa shape index (κ2) is 7.83. The summed E-state index contributed by atoms with van der Waals surface area (Å²) in [6.07, 6.45) is 0. The first kappa shape index (κ1) is 23.2. The van der Waals surface area contributed by atoms with Crippen LogP contribution in [0.25, 0.3) is 32.3 Å². The van der Waals surface area contributed by atoms with Gasteiger partial charge in [0.25, 0.3) is 0 Å². The molecule has 4 rings (SSSR count). The van der Waals surface area contributed by atoms with Crippen molar-refractivity contribution in [2.24, 2.45) is 0 Å². The van der Waals surface area contributed by atoms with Gasteiger partial charge in [0.15, 0.2) is 0 Å². The molecule has 0 radical (unpaired) electrons. The van der Waals surface area contributed by atoms with Crippen molar-refractivity contribution in [2.45, 2.75) is 0 Å². The molecular formula is C18H6N6O12. The van der Waals surface area contributed by atoms with Gasteiger partial charge < -0.3 is 0 Å². The summed E-state index contributed by atoms with van der Waals surface area (Å²) < 4.78 is 0. The van der Waals surface area contributed by atoms with Gasteiger partial charge in [-0.1, -0.05) is 24.3 Å². The fourth-order valence-electron chi connectivity index (χ4n) is 4.23. The van der Waals surface area contributed by atoms with E-state index in [1.807, 2.05) is 0 Å². The van der Waals surface area contributed by atoms with Gasteiger partial charge in [-0.2, -0.15) is 0 Å². The molecule has 36 heavy (non-hydrogen) atoms. The second-order valence-electron chi connectivity index (χ2n) is 7.09. The Kier molecular flexibility index (Phi) is 5.05. The summed E-state index contributed by atoms with van der Waals surface area (Å²) in [6, 6.07) is 6.84. The lowest BCUT2D eigenvalue weighted by Gasteiger charge is -2.11. The Morgan fingerprint density at radius 3 is 1.22 bits per heavy atom. The molecule has 4 aromatic carbocycles. The zero-order valence-corrected chi connectivity index (χ0v) is 17.0. The Balaban J connectivity index is 2.67. The average Bonchev–Trinajstić information content (AvgIpc) is 2.80. The quantitative estimate of drug-likeness (QED) is 0.201. The molecule has 0 aromatic heterocycles. The molecule has 0 N–H and O–H groups in total. The van der Waals surface area contributed by atoms with Gasteiger partial charge in [-0.25, -0.2) is 0 Å². The molecule has 0 fully saturated rings. The lowest BCUT2D eigenvalue weighted by atomic mass is 9.90. The van der Waals surface area contributed by atoms with Crippen LogP contribution in [0.5, 0.6) is 0 Å². The number of nitro groups is 6. The molecule has 0 heterocycles. The van der Waals surface area contributed by atoms with Gasteiger partial charge in [0.2, 0.25) is 0 Å². The van der Waals surface area contributed by atoms with E-state index in [4.69, 9.17) is 0 Å². The van der Waals surface area contributed by atoms with E-state index in [1.165, 1.54) is 18.2 Å². The number of hydrogen-bond acceptors (Lipinski definition) is 12. The summed E-state index contributed by atoms with van der Waals surface area (Å²) >= 11 is 0. The number of hydrogen-bond donors (Lipinski definition) is 0. The zero-order chi connectivity index (χ0) is 26.6. The summed E-state index contributed by atoms with van der Waals surface area (Å²) in [6.45, 7) is 0. The van der Waals surface area contributed by atoms with E-state index in [0.29, 0.717) is 0 Å². The highest BCUT2D eigenvalue weighted by molar-refractivity contribution is 6.34. The van der Waals surface area contributed by atoms with Crippen molar-refractivity contribution >= 4 is 66.4 Å². The summed E-state index contributed by atoms with van der Waals surface area (Å²) in [7, 11) is 0. The van der Waals surface area contributed by atoms with Crippen LogP contribution in [0.3, 0.4) is 0 Å². The Labute approximate surface area is 193 Å². The van der Waals surface area contributed by atoms with Crippen molar-refractivity contribution in [1.82, 2.24) is 0 Å². The van der Waals surface area contributed by atoms with Crippen LogP contribution >= 0.6 is 0 Å². The first-order valence-corrected chi connectivity index (χ1v) is 9.27. The second-order valence-corrected chi connectivity index (χ2v) is 7.09. The molecule has 0 aliphatic rings. The molecule has 0 aliphatic carbocycles. The number of benzene rings is 4. The van der Waals surface area contributed by atoms with Crippen LogP contribution in [0.15, 0.2) is 36.4 Å². The van der Waals surface area contributed by atoms with E-state index in [0.717, 1.165) is 18.2 Å². The topological polar surface area (TPSA) is 259 Å². The highest BCUT2D eigenvalue weighted by atomic mass is 16.7. The summed E-state index contributed by atoms with van der Waals surface area (Å²) in [5.41, 5.74) is -9.42. The molecule has 0 saturated carbocycles. The lowest BCUT2D eigenvalue weighted by molar-refractivity contribution is -0.450. The molecule has 0 amide bonds. The summed E-state index contributed by atoms with van der Waals surface area (Å²) in [5.74, 6) is 0. The van der Waals surface area contributed by atoms with Gasteiger partial charge in [-0.3, -0.25) is 60.7 Å². The average molecular weight is 498 g/mol. The van der Waals surface area contributed by atoms with Crippen LogP contribution in [0.1, 0.15) is 0 Å². The molecule has 4 aromatic rings. The molecule has 18 nitrogen and oxygen atoms in total. The maximum Gasteiger partial charge on any atom is 0.430 e. The minimum atomic E-state index is -1.90. The predicted octanol–water partition coefficient (Wildman–Crippen LogP) is 4.60. The fourth-order valence-corrected chi connectivity index (χ4v) is 4.23. The zero-order valence-electron chi connectivity index (χ0n) is 17.0. The molecule has 180 valence electrons. The van der Waals surface area contributed by atoms with Gasteiger partial charge >= 0.3 is 34.1 Å². The molecular weight excluding hydrogens is 492 g/mol. The van der Waals surface area contributed by atoms with Crippen LogP contribution in [0.4, 0.5) is 34.1 Å². The van der Waals surface area contributed by atoms with E-state index in [-0.39, 0.29) is 16.2 Å². The molecule has 0 aliphatic heterocycles. The van der Waals surface area contributed by atoms with Crippen molar-refractivity contribution in [2.75, 3.05) is 0 Å². The first-order valence-electron chi connectivity index (χ1n) is 9.27. The molecule has 0 spiro atoms. The SMILES string of the molecule is O=[N+]([O-])c1ccc2c3ccccc3c3c([N+](=O)[O-])c([N+](=O)[O-])c([N+](=O)[O-])c([N+](=O)[O-])c3c2c1[N+](=O)[O-]. The van der Waals surface area contributed by atoms with Crippen molar-refractivity contribution in [1.29, 1.82) is 0 Å². The molecule has 0 unspecified atom stereocenters. The third-order valence-electron chi connectivity index (χ3n) is 5.40. The third-order valence-corrected chi connectivity index (χ3v) is 5.40. The van der Waals surface area contributed by atoms with Gasteiger partial charge in [0.1, 0.15) is 0 Å². The molecule has 0 saturated heterocycles. The fraction of sp³-hybridized carbons (Fsp3) is 0. The summed E-state index contributed by atoms with van der Waals surface area (Å²) in [4.78, 5) is 62.8. The van der Waals surface area contributed by atoms with Crippen molar-refractivity contribution < 1.29 is 29.5 Å². The Bertz CT molecular complexity index is 1750. The molecule has 0 atom stereocenters. The minimum Gasteiger partial charge on any atom is -0.258 e. The Hall–Kier alpha value is -5.94. The van der Waals surface area contributed by atoms with Crippen LogP contribution < -0.4 is 0 Å². The maximum atomic E-state index is 12.1. The third kappa shape index (κ3) is 3.05. The first-order chi connectivity index (χ1) is 16.9. The number of nitrogens with zero attached hydrogens (tertiary/aromatic N) is 6. The number of fused-ring (bicyclic) bond motifs is 6. The van der Waals surface area contributed by atoms with Crippen molar-refractivity contribution in [3.05, 3.63) is 97.1 Å². The standard InChI is InChI=1S/C18H6N6O12/c25-19(26)10-6-5-9-7-3-1-2-4-8(7)12-13(11(9)14(10)20(27)28)16(22(31)32)18(24(35)36)17(23(33)34)15(12)21(29)30/h1-6H. The van der Waals surface area contributed by atoms with Crippen LogP contribution in [-0.4, -0.2) is 29.5 Å². The van der Waals surface area contributed by atoms with Crippen molar-refractivity contribution in [3.63, 3.8) is 0 Å². The number of nitro benzene ring substituents is 6. The van der Waals surface area contributed by atoms with Crippen molar-refractivity contribution in [3.8, 4) is 0 Å². The van der Waals surface area contributed by atoms with E-state index in [1.54, 1.807) is 0 Å². The van der Waals surface area contributed by atoms with Gasteiger partial charge in [0, 0.05) is 6.07 Å². The number of rotatable bonds is 6. The lowest BCUT2D eigenvalue weighted by Crippen LogP contribution is -2.07. The van der Waals surface area contributed by atoms with Gasteiger partial charge in [0.05, 0.1) is 45.7 Å². The monoisotopic (exact) mass is 498 g/mol. The van der Waals surface area contributed by atoms with Crippen LogP contribution in [-0.2, 0) is 0 Å². The highest BCUT2D eigenvalue weighted by Gasteiger charge is 2.49. The molecule has 0 bridgehead atoms. The molecule has 18 heteroatoms. The Morgan fingerprint density at radius 2 is 0.778 bits per heavy atom. The minimum absolute atomic E-state index is 0.0430. The van der Waals surface area contributed by atoms with Crippen LogP contribution in [0, 0.1) is 60.7 Å². The van der Waals surface area contributed by atoms with Crippen LogP contribution in [0.2, 0.25) is 0 Å². The highest BCUT2D eigenvalue weighted by Crippen LogP contribution is 2.55. The van der Waals surface area contributed by atoms with Gasteiger partial charge in [-0.05, 0) is 22.2 Å². The normalized spacial score (nSPS) is 11.0. The van der Waals surface area contributed by atoms with Gasteiger partial charge in [-0.15, -0.1) is 0 Å². The summed E-state index contributed by atoms with van der Waals surface area (Å²) in [5, 5.41) is 67.8. The van der Waals surface area contributed by atoms with E-state index in [2.05, 4.69) is 0 Å². The maximum absolute atomic E-state index is 12.1.